The van der Waals surface area contributed by atoms with Gasteiger partial charge in [-0.2, -0.15) is 0 Å². The molecule has 2 fully saturated rings. The minimum atomic E-state index is -0.575. The number of methoxy groups -OCH3 is 1. The van der Waals surface area contributed by atoms with Gasteiger partial charge in [-0.1, -0.05) is 12.1 Å². The van der Waals surface area contributed by atoms with Crippen LogP contribution in [0.1, 0.15) is 24.1 Å². The molecule has 1 aromatic heterocycles. The predicted molar refractivity (Wildman–Crippen MR) is 104 cm³/mol. The summed E-state index contributed by atoms with van der Waals surface area (Å²) in [5.41, 5.74) is 1.61. The Labute approximate surface area is 160 Å². The van der Waals surface area contributed by atoms with E-state index in [4.69, 9.17) is 4.74 Å². The van der Waals surface area contributed by atoms with E-state index in [1.54, 1.807) is 13.2 Å². The third kappa shape index (κ3) is 4.25. The lowest BCUT2D eigenvalue weighted by molar-refractivity contribution is 0.0355. The molecule has 0 amide bonds. The first-order valence-corrected chi connectivity index (χ1v) is 9.74. The third-order valence-corrected chi connectivity index (χ3v) is 6.12. The van der Waals surface area contributed by atoms with Crippen molar-refractivity contribution in [1.82, 2.24) is 9.88 Å². The van der Waals surface area contributed by atoms with Gasteiger partial charge in [-0.3, -0.25) is 4.98 Å². The molecule has 1 saturated carbocycles. The molecule has 2 heterocycles. The molecule has 1 aromatic carbocycles. The van der Waals surface area contributed by atoms with E-state index >= 15 is 0 Å². The Kier molecular flexibility index (Phi) is 5.06. The molecule has 5 heteroatoms. The molecule has 0 radical (unpaired) electrons. The van der Waals surface area contributed by atoms with E-state index in [2.05, 4.69) is 22.0 Å². The maximum absolute atomic E-state index is 11.1. The first-order chi connectivity index (χ1) is 13.0. The molecule has 3 atom stereocenters. The predicted octanol–water partition coefficient (Wildman–Crippen LogP) is 2.65. The summed E-state index contributed by atoms with van der Waals surface area (Å²) in [6, 6.07) is 11.6. The number of benzene rings is 1. The number of nitrogens with zero attached hydrogens (tertiary/aromatic N) is 2. The smallest absolute Gasteiger partial charge is 0.133 e. The van der Waals surface area contributed by atoms with E-state index < -0.39 is 5.60 Å². The minimum absolute atomic E-state index is 0.214. The molecule has 0 spiro atoms. The van der Waals surface area contributed by atoms with Crippen LogP contribution < -0.4 is 4.74 Å². The fraction of sp³-hybridized carbons (Fsp3) is 0.500. The van der Waals surface area contributed by atoms with Crippen LogP contribution in [0.25, 0.3) is 0 Å². The summed E-state index contributed by atoms with van der Waals surface area (Å²) in [5.74, 6) is 2.24. The van der Waals surface area contributed by atoms with Crippen LogP contribution in [0.4, 0.5) is 0 Å². The lowest BCUT2D eigenvalue weighted by Crippen LogP contribution is -2.32. The fourth-order valence-corrected chi connectivity index (χ4v) is 4.85. The van der Waals surface area contributed by atoms with Crippen molar-refractivity contribution in [2.45, 2.75) is 31.3 Å². The van der Waals surface area contributed by atoms with Crippen LogP contribution in [-0.2, 0) is 12.8 Å². The van der Waals surface area contributed by atoms with Gasteiger partial charge in [0.25, 0.3) is 0 Å². The van der Waals surface area contributed by atoms with Gasteiger partial charge in [-0.05, 0) is 54.5 Å². The fourth-order valence-electron chi connectivity index (χ4n) is 4.85. The molecule has 2 N–H and O–H groups in total. The highest BCUT2D eigenvalue weighted by atomic mass is 16.5. The summed E-state index contributed by atoms with van der Waals surface area (Å²) in [6.45, 7) is 3.11. The number of fused-ring (bicyclic) bond motifs is 1. The third-order valence-electron chi connectivity index (χ3n) is 6.12. The summed E-state index contributed by atoms with van der Waals surface area (Å²) >= 11 is 0. The van der Waals surface area contributed by atoms with Gasteiger partial charge in [0.05, 0.1) is 18.9 Å². The van der Waals surface area contributed by atoms with Crippen LogP contribution in [0.2, 0.25) is 0 Å². The van der Waals surface area contributed by atoms with Gasteiger partial charge < -0.3 is 19.8 Å². The molecular formula is C22H28N2O3. The Hall–Kier alpha value is -2.11. The SMILES string of the molecule is COc1ccc(CC2(O)C[C@H]3CN(CCc4ccc(O)cn4)C[C@H]3C2)cc1. The van der Waals surface area contributed by atoms with E-state index in [1.165, 1.54) is 11.8 Å². The lowest BCUT2D eigenvalue weighted by atomic mass is 9.91. The zero-order chi connectivity index (χ0) is 18.9. The van der Waals surface area contributed by atoms with E-state index in [0.717, 1.165) is 56.8 Å². The van der Waals surface area contributed by atoms with Crippen LogP contribution >= 0.6 is 0 Å². The van der Waals surface area contributed by atoms with Crippen LogP contribution in [-0.4, -0.2) is 52.4 Å². The van der Waals surface area contributed by atoms with Crippen molar-refractivity contribution in [3.63, 3.8) is 0 Å². The summed E-state index contributed by atoms with van der Waals surface area (Å²) < 4.78 is 5.21. The second-order valence-corrected chi connectivity index (χ2v) is 8.19. The van der Waals surface area contributed by atoms with Crippen molar-refractivity contribution in [3.05, 3.63) is 53.9 Å². The molecule has 1 saturated heterocycles. The van der Waals surface area contributed by atoms with Crippen molar-refractivity contribution in [3.8, 4) is 11.5 Å². The van der Waals surface area contributed by atoms with Crippen LogP contribution in [0.3, 0.4) is 0 Å². The molecule has 4 rings (SSSR count). The largest absolute Gasteiger partial charge is 0.506 e. The van der Waals surface area contributed by atoms with E-state index in [1.807, 2.05) is 18.2 Å². The molecule has 1 aliphatic carbocycles. The average Bonchev–Trinajstić information content (AvgIpc) is 3.16. The maximum Gasteiger partial charge on any atom is 0.133 e. The van der Waals surface area contributed by atoms with E-state index in [9.17, 15) is 10.2 Å². The van der Waals surface area contributed by atoms with Crippen molar-refractivity contribution in [2.24, 2.45) is 11.8 Å². The highest BCUT2D eigenvalue weighted by molar-refractivity contribution is 5.28. The van der Waals surface area contributed by atoms with Crippen LogP contribution in [0, 0.1) is 11.8 Å². The molecule has 1 unspecified atom stereocenters. The van der Waals surface area contributed by atoms with Crippen molar-refractivity contribution in [2.75, 3.05) is 26.7 Å². The van der Waals surface area contributed by atoms with E-state index in [0.29, 0.717) is 11.8 Å². The van der Waals surface area contributed by atoms with Crippen molar-refractivity contribution < 1.29 is 14.9 Å². The average molecular weight is 368 g/mol. The molecule has 1 aliphatic heterocycles. The summed E-state index contributed by atoms with van der Waals surface area (Å²) in [7, 11) is 1.67. The number of aromatic nitrogens is 1. The summed E-state index contributed by atoms with van der Waals surface area (Å²) in [5, 5.41) is 20.4. The van der Waals surface area contributed by atoms with Gasteiger partial charge >= 0.3 is 0 Å². The number of pyridine rings is 1. The molecule has 27 heavy (non-hydrogen) atoms. The Balaban J connectivity index is 1.28. The van der Waals surface area contributed by atoms with Gasteiger partial charge in [-0.15, -0.1) is 0 Å². The highest BCUT2D eigenvalue weighted by Gasteiger charge is 2.47. The minimum Gasteiger partial charge on any atom is -0.506 e. The maximum atomic E-state index is 11.1. The molecular weight excluding hydrogens is 340 g/mol. The van der Waals surface area contributed by atoms with Gasteiger partial charge in [0.2, 0.25) is 0 Å². The van der Waals surface area contributed by atoms with E-state index in [-0.39, 0.29) is 5.75 Å². The standard InChI is InChI=1S/C22H28N2O3/c1-27-21-6-2-16(3-7-21)10-22(26)11-17-14-24(15-18(17)12-22)9-8-19-4-5-20(25)13-23-19/h2-7,13,17-18,25-26H,8-12,14-15H2,1H3/t17-,18+,22?. The molecule has 144 valence electrons. The monoisotopic (exact) mass is 368 g/mol. The lowest BCUT2D eigenvalue weighted by Gasteiger charge is -2.26. The Bertz CT molecular complexity index is 746. The topological polar surface area (TPSA) is 65.8 Å². The number of aromatic hydroxyl groups is 1. The Morgan fingerprint density at radius 1 is 1.11 bits per heavy atom. The van der Waals surface area contributed by atoms with Gasteiger partial charge in [0.1, 0.15) is 11.5 Å². The number of rotatable bonds is 6. The quantitative estimate of drug-likeness (QED) is 0.821. The molecule has 0 bridgehead atoms. The second kappa shape index (κ2) is 7.49. The number of hydrogen-bond donors (Lipinski definition) is 2. The van der Waals surface area contributed by atoms with Crippen LogP contribution in [0.5, 0.6) is 11.5 Å². The molecule has 5 nitrogen and oxygen atoms in total. The first-order valence-electron chi connectivity index (χ1n) is 9.74. The Morgan fingerprint density at radius 2 is 1.81 bits per heavy atom. The van der Waals surface area contributed by atoms with Gasteiger partial charge in [0.15, 0.2) is 0 Å². The van der Waals surface area contributed by atoms with Gasteiger partial charge in [0, 0.05) is 38.2 Å². The van der Waals surface area contributed by atoms with Crippen molar-refractivity contribution >= 4 is 0 Å². The zero-order valence-electron chi connectivity index (χ0n) is 15.8. The zero-order valence-corrected chi connectivity index (χ0v) is 15.8. The second-order valence-electron chi connectivity index (χ2n) is 8.19. The van der Waals surface area contributed by atoms with Gasteiger partial charge in [-0.25, -0.2) is 0 Å². The number of ether oxygens (including phenoxy) is 1. The summed E-state index contributed by atoms with van der Waals surface area (Å²) in [6.07, 6.45) is 4.90. The number of aliphatic hydroxyl groups is 1. The first kappa shape index (κ1) is 18.3. The van der Waals surface area contributed by atoms with Crippen LogP contribution in [0.15, 0.2) is 42.6 Å². The molecule has 2 aromatic rings. The summed E-state index contributed by atoms with van der Waals surface area (Å²) in [4.78, 5) is 6.76. The van der Waals surface area contributed by atoms with Crippen molar-refractivity contribution in [1.29, 1.82) is 0 Å². The number of likely N-dealkylation sites (tertiary alicyclic amines) is 1. The number of hydrogen-bond acceptors (Lipinski definition) is 5. The molecule has 2 aliphatic rings. The Morgan fingerprint density at radius 3 is 2.41 bits per heavy atom. The highest BCUT2D eigenvalue weighted by Crippen LogP contribution is 2.45. The normalized spacial score (nSPS) is 27.6.